The Kier molecular flexibility index (Phi) is 5.07. The van der Waals surface area contributed by atoms with Gasteiger partial charge in [-0.3, -0.25) is 16.3 Å². The van der Waals surface area contributed by atoms with E-state index in [4.69, 9.17) is 5.84 Å². The molecule has 2 rings (SSSR count). The highest BCUT2D eigenvalue weighted by Crippen LogP contribution is 2.12. The van der Waals surface area contributed by atoms with Crippen LogP contribution in [-0.4, -0.2) is 11.0 Å². The second kappa shape index (κ2) is 7.02. The number of nitrogens with one attached hydrogen (secondary N) is 1. The fourth-order valence-corrected chi connectivity index (χ4v) is 2.27. The van der Waals surface area contributed by atoms with E-state index in [1.807, 2.05) is 12.3 Å². The summed E-state index contributed by atoms with van der Waals surface area (Å²) in [5.41, 5.74) is 6.87. The number of pyridine rings is 1. The van der Waals surface area contributed by atoms with E-state index in [1.54, 1.807) is 6.20 Å². The lowest BCUT2D eigenvalue weighted by atomic mass is 9.98. The van der Waals surface area contributed by atoms with Crippen LogP contribution in [0, 0.1) is 6.92 Å². The number of hydrazine groups is 1. The Bertz CT molecular complexity index is 496. The molecule has 0 spiro atoms. The van der Waals surface area contributed by atoms with Crippen LogP contribution in [0.1, 0.15) is 23.1 Å². The molecule has 3 heteroatoms. The van der Waals surface area contributed by atoms with Gasteiger partial charge in [0.25, 0.3) is 0 Å². The molecule has 0 bridgehead atoms. The van der Waals surface area contributed by atoms with E-state index in [9.17, 15) is 0 Å². The van der Waals surface area contributed by atoms with E-state index >= 15 is 0 Å². The van der Waals surface area contributed by atoms with Crippen LogP contribution < -0.4 is 11.3 Å². The van der Waals surface area contributed by atoms with Crippen LogP contribution in [-0.2, 0) is 12.8 Å². The zero-order chi connectivity index (χ0) is 13.5. The van der Waals surface area contributed by atoms with E-state index in [0.717, 1.165) is 19.3 Å². The van der Waals surface area contributed by atoms with E-state index in [1.165, 1.54) is 16.7 Å². The van der Waals surface area contributed by atoms with Crippen molar-refractivity contribution in [1.29, 1.82) is 0 Å². The van der Waals surface area contributed by atoms with Gasteiger partial charge in [0.2, 0.25) is 0 Å². The molecule has 0 aliphatic heterocycles. The maximum Gasteiger partial charge on any atom is 0.0300 e. The number of hydrogen-bond donors (Lipinski definition) is 2. The molecule has 100 valence electrons. The molecule has 1 atom stereocenters. The van der Waals surface area contributed by atoms with Crippen molar-refractivity contribution in [2.75, 3.05) is 0 Å². The second-order valence-electron chi connectivity index (χ2n) is 4.89. The second-order valence-corrected chi connectivity index (χ2v) is 4.89. The summed E-state index contributed by atoms with van der Waals surface area (Å²) in [6, 6.07) is 12.8. The third-order valence-corrected chi connectivity index (χ3v) is 3.46. The first-order chi connectivity index (χ1) is 9.29. The van der Waals surface area contributed by atoms with Crippen LogP contribution in [0.4, 0.5) is 0 Å². The fourth-order valence-electron chi connectivity index (χ4n) is 2.27. The minimum atomic E-state index is 0.281. The third-order valence-electron chi connectivity index (χ3n) is 3.46. The molecule has 0 fully saturated rings. The number of benzene rings is 1. The monoisotopic (exact) mass is 255 g/mol. The van der Waals surface area contributed by atoms with Gasteiger partial charge in [-0.05, 0) is 48.9 Å². The van der Waals surface area contributed by atoms with Crippen molar-refractivity contribution in [3.63, 3.8) is 0 Å². The average molecular weight is 255 g/mol. The Morgan fingerprint density at radius 1 is 1.21 bits per heavy atom. The van der Waals surface area contributed by atoms with Crippen LogP contribution in [0.15, 0.2) is 48.8 Å². The van der Waals surface area contributed by atoms with Gasteiger partial charge in [-0.15, -0.1) is 0 Å². The molecule has 2 aromatic rings. The Morgan fingerprint density at radius 3 is 2.74 bits per heavy atom. The summed E-state index contributed by atoms with van der Waals surface area (Å²) in [4.78, 5) is 4.14. The summed E-state index contributed by atoms with van der Waals surface area (Å²) < 4.78 is 0. The van der Waals surface area contributed by atoms with Gasteiger partial charge < -0.3 is 0 Å². The smallest absolute Gasteiger partial charge is 0.0300 e. The maximum atomic E-state index is 5.65. The Labute approximate surface area is 114 Å². The molecule has 1 heterocycles. The summed E-state index contributed by atoms with van der Waals surface area (Å²) in [7, 11) is 0. The van der Waals surface area contributed by atoms with Gasteiger partial charge in [0, 0.05) is 18.4 Å². The van der Waals surface area contributed by atoms with Crippen molar-refractivity contribution in [2.45, 2.75) is 32.2 Å². The summed E-state index contributed by atoms with van der Waals surface area (Å²) in [5.74, 6) is 5.65. The minimum Gasteiger partial charge on any atom is -0.271 e. The maximum absolute atomic E-state index is 5.65. The van der Waals surface area contributed by atoms with Gasteiger partial charge in [0.05, 0.1) is 0 Å². The van der Waals surface area contributed by atoms with Crippen LogP contribution in [0.3, 0.4) is 0 Å². The molecule has 1 unspecified atom stereocenters. The van der Waals surface area contributed by atoms with E-state index < -0.39 is 0 Å². The van der Waals surface area contributed by atoms with Crippen molar-refractivity contribution < 1.29 is 0 Å². The molecule has 0 saturated carbocycles. The number of nitrogens with zero attached hydrogens (tertiary/aromatic N) is 1. The molecule has 1 aromatic carbocycles. The standard InChI is InChI=1S/C16H21N3/c1-13-5-2-3-7-15(13)8-9-16(19-17)11-14-6-4-10-18-12-14/h2-7,10,12,16,19H,8-9,11,17H2,1H3. The van der Waals surface area contributed by atoms with Gasteiger partial charge in [-0.1, -0.05) is 30.3 Å². The van der Waals surface area contributed by atoms with E-state index in [0.29, 0.717) is 0 Å². The molecule has 3 N–H and O–H groups in total. The highest BCUT2D eigenvalue weighted by Gasteiger charge is 2.08. The fraction of sp³-hybridized carbons (Fsp3) is 0.312. The number of rotatable bonds is 6. The molecular weight excluding hydrogens is 234 g/mol. The molecule has 1 aromatic heterocycles. The minimum absolute atomic E-state index is 0.281. The molecular formula is C16H21N3. The van der Waals surface area contributed by atoms with Crippen molar-refractivity contribution in [1.82, 2.24) is 10.4 Å². The number of aryl methyl sites for hydroxylation is 2. The Morgan fingerprint density at radius 2 is 2.05 bits per heavy atom. The van der Waals surface area contributed by atoms with Gasteiger partial charge in [0.1, 0.15) is 0 Å². The van der Waals surface area contributed by atoms with Gasteiger partial charge >= 0.3 is 0 Å². The summed E-state index contributed by atoms with van der Waals surface area (Å²) in [6.07, 6.45) is 6.67. The Balaban J connectivity index is 1.91. The molecule has 0 aliphatic carbocycles. The van der Waals surface area contributed by atoms with Gasteiger partial charge in [-0.25, -0.2) is 0 Å². The molecule has 0 radical (unpaired) electrons. The number of aromatic nitrogens is 1. The molecule has 0 amide bonds. The van der Waals surface area contributed by atoms with Crippen LogP contribution in [0.5, 0.6) is 0 Å². The molecule has 0 aliphatic rings. The average Bonchev–Trinajstić information content (AvgIpc) is 2.46. The molecule has 0 saturated heterocycles. The van der Waals surface area contributed by atoms with Crippen LogP contribution >= 0.6 is 0 Å². The quantitative estimate of drug-likeness (QED) is 0.615. The predicted octanol–water partition coefficient (Wildman–Crippen LogP) is 2.40. The largest absolute Gasteiger partial charge is 0.271 e. The lowest BCUT2D eigenvalue weighted by molar-refractivity contribution is 0.490. The van der Waals surface area contributed by atoms with E-state index in [-0.39, 0.29) is 6.04 Å². The zero-order valence-electron chi connectivity index (χ0n) is 11.3. The van der Waals surface area contributed by atoms with Crippen molar-refractivity contribution in [2.24, 2.45) is 5.84 Å². The first-order valence-electron chi connectivity index (χ1n) is 6.69. The van der Waals surface area contributed by atoms with Crippen molar-refractivity contribution >= 4 is 0 Å². The Hall–Kier alpha value is -1.71. The highest BCUT2D eigenvalue weighted by molar-refractivity contribution is 5.25. The third kappa shape index (κ3) is 4.16. The SMILES string of the molecule is Cc1ccccc1CCC(Cc1cccnc1)NN. The topological polar surface area (TPSA) is 50.9 Å². The lowest BCUT2D eigenvalue weighted by Gasteiger charge is -2.16. The predicted molar refractivity (Wildman–Crippen MR) is 78.6 cm³/mol. The van der Waals surface area contributed by atoms with E-state index in [2.05, 4.69) is 47.7 Å². The molecule has 3 nitrogen and oxygen atoms in total. The van der Waals surface area contributed by atoms with Crippen molar-refractivity contribution in [3.05, 3.63) is 65.5 Å². The summed E-state index contributed by atoms with van der Waals surface area (Å²) >= 11 is 0. The van der Waals surface area contributed by atoms with Gasteiger partial charge in [-0.2, -0.15) is 0 Å². The number of hydrogen-bond acceptors (Lipinski definition) is 3. The first-order valence-corrected chi connectivity index (χ1v) is 6.69. The van der Waals surface area contributed by atoms with Crippen LogP contribution in [0.25, 0.3) is 0 Å². The summed E-state index contributed by atoms with van der Waals surface area (Å²) in [5, 5.41) is 0. The van der Waals surface area contributed by atoms with Crippen LogP contribution in [0.2, 0.25) is 0 Å². The number of nitrogens with two attached hydrogens (primary N) is 1. The van der Waals surface area contributed by atoms with Gasteiger partial charge in [0.15, 0.2) is 0 Å². The lowest BCUT2D eigenvalue weighted by Crippen LogP contribution is -2.37. The summed E-state index contributed by atoms with van der Waals surface area (Å²) in [6.45, 7) is 2.15. The van der Waals surface area contributed by atoms with Crippen molar-refractivity contribution in [3.8, 4) is 0 Å². The zero-order valence-corrected chi connectivity index (χ0v) is 11.3. The normalized spacial score (nSPS) is 12.3. The first kappa shape index (κ1) is 13.7. The molecule has 19 heavy (non-hydrogen) atoms. The highest BCUT2D eigenvalue weighted by atomic mass is 15.2.